The van der Waals surface area contributed by atoms with E-state index in [9.17, 15) is 4.79 Å². The van der Waals surface area contributed by atoms with Crippen molar-refractivity contribution in [1.29, 1.82) is 0 Å². The first-order chi connectivity index (χ1) is 12.2. The van der Waals surface area contributed by atoms with Crippen molar-refractivity contribution in [1.82, 2.24) is 25.3 Å². The Morgan fingerprint density at radius 1 is 1.16 bits per heavy atom. The number of likely N-dealkylation sites (tertiary alicyclic amines) is 1. The standard InChI is InChI=1S/C18H22BrN5O/c19-14-3-1-13(2-4-14)16-11-17(22-21-16)18(25)23-8-5-15(6-9-23)24-10-7-20-12-24/h1-4,7,10,12,15-17,21-22H,5-6,8-9,11H2. The van der Waals surface area contributed by atoms with E-state index in [0.29, 0.717) is 6.04 Å². The second-order valence-electron chi connectivity index (χ2n) is 6.75. The van der Waals surface area contributed by atoms with Crippen LogP contribution in [0.1, 0.15) is 36.9 Å². The average molecular weight is 404 g/mol. The molecule has 2 aromatic rings. The van der Waals surface area contributed by atoms with E-state index >= 15 is 0 Å². The van der Waals surface area contributed by atoms with Gasteiger partial charge in [-0.05, 0) is 37.0 Å². The molecule has 0 saturated carbocycles. The molecule has 2 fully saturated rings. The summed E-state index contributed by atoms with van der Waals surface area (Å²) in [4.78, 5) is 18.9. The molecule has 1 amide bonds. The minimum atomic E-state index is -0.154. The molecule has 4 rings (SSSR count). The summed E-state index contributed by atoms with van der Waals surface area (Å²) in [5, 5.41) is 0. The molecule has 0 bridgehead atoms. The number of benzene rings is 1. The molecule has 2 aliphatic rings. The van der Waals surface area contributed by atoms with E-state index < -0.39 is 0 Å². The van der Waals surface area contributed by atoms with Gasteiger partial charge in [0.1, 0.15) is 6.04 Å². The van der Waals surface area contributed by atoms with Gasteiger partial charge in [-0.3, -0.25) is 4.79 Å². The number of amides is 1. The van der Waals surface area contributed by atoms with Gasteiger partial charge in [-0.15, -0.1) is 0 Å². The highest BCUT2D eigenvalue weighted by molar-refractivity contribution is 9.10. The fraction of sp³-hybridized carbons (Fsp3) is 0.444. The van der Waals surface area contributed by atoms with Crippen molar-refractivity contribution < 1.29 is 4.79 Å². The van der Waals surface area contributed by atoms with Gasteiger partial charge in [0.2, 0.25) is 5.91 Å². The lowest BCUT2D eigenvalue weighted by atomic mass is 10.00. The molecule has 2 atom stereocenters. The van der Waals surface area contributed by atoms with E-state index in [4.69, 9.17) is 0 Å². The van der Waals surface area contributed by atoms with Crippen LogP contribution in [0.15, 0.2) is 47.5 Å². The van der Waals surface area contributed by atoms with E-state index in [0.717, 1.165) is 36.8 Å². The Kier molecular flexibility index (Phi) is 4.87. The average Bonchev–Trinajstić information content (AvgIpc) is 3.34. The SMILES string of the molecule is O=C(C1CC(c2ccc(Br)cc2)NN1)N1CCC(n2ccnc2)CC1. The molecule has 2 N–H and O–H groups in total. The van der Waals surface area contributed by atoms with Crippen LogP contribution in [0.4, 0.5) is 0 Å². The van der Waals surface area contributed by atoms with Gasteiger partial charge in [0.15, 0.2) is 0 Å². The van der Waals surface area contributed by atoms with Crippen LogP contribution in [0.2, 0.25) is 0 Å². The quantitative estimate of drug-likeness (QED) is 0.825. The predicted molar refractivity (Wildman–Crippen MR) is 98.6 cm³/mol. The lowest BCUT2D eigenvalue weighted by molar-refractivity contribution is -0.134. The molecular weight excluding hydrogens is 382 g/mol. The van der Waals surface area contributed by atoms with Gasteiger partial charge >= 0.3 is 0 Å². The molecule has 2 unspecified atom stereocenters. The van der Waals surface area contributed by atoms with Crippen molar-refractivity contribution in [2.45, 2.75) is 37.4 Å². The highest BCUT2D eigenvalue weighted by atomic mass is 79.9. The number of hydrazine groups is 1. The van der Waals surface area contributed by atoms with Gasteiger partial charge in [0, 0.05) is 42.0 Å². The number of carbonyl (C=O) groups is 1. The lowest BCUT2D eigenvalue weighted by Crippen LogP contribution is -2.48. The maximum Gasteiger partial charge on any atom is 0.241 e. The highest BCUT2D eigenvalue weighted by Crippen LogP contribution is 2.27. The lowest BCUT2D eigenvalue weighted by Gasteiger charge is -2.33. The van der Waals surface area contributed by atoms with Gasteiger partial charge < -0.3 is 9.47 Å². The van der Waals surface area contributed by atoms with Crippen LogP contribution in [0, 0.1) is 0 Å². The maximum absolute atomic E-state index is 12.8. The van der Waals surface area contributed by atoms with Gasteiger partial charge in [0.25, 0.3) is 0 Å². The van der Waals surface area contributed by atoms with Gasteiger partial charge in [-0.25, -0.2) is 15.8 Å². The van der Waals surface area contributed by atoms with Crippen LogP contribution < -0.4 is 10.9 Å². The number of piperidine rings is 1. The monoisotopic (exact) mass is 403 g/mol. The van der Waals surface area contributed by atoms with E-state index in [-0.39, 0.29) is 18.0 Å². The second-order valence-corrected chi connectivity index (χ2v) is 7.66. The van der Waals surface area contributed by atoms with Crippen LogP contribution in [-0.2, 0) is 4.79 Å². The molecule has 132 valence electrons. The third-order valence-electron chi connectivity index (χ3n) is 5.20. The number of hydrogen-bond donors (Lipinski definition) is 2. The third-order valence-corrected chi connectivity index (χ3v) is 5.72. The number of aromatic nitrogens is 2. The summed E-state index contributed by atoms with van der Waals surface area (Å²) in [5.74, 6) is 0.205. The molecule has 0 spiro atoms. The highest BCUT2D eigenvalue weighted by Gasteiger charge is 2.34. The van der Waals surface area contributed by atoms with Crippen molar-refractivity contribution in [2.24, 2.45) is 0 Å². The topological polar surface area (TPSA) is 62.2 Å². The van der Waals surface area contributed by atoms with Crippen LogP contribution >= 0.6 is 15.9 Å². The fourth-order valence-corrected chi connectivity index (χ4v) is 3.99. The molecule has 2 saturated heterocycles. The first-order valence-electron chi connectivity index (χ1n) is 8.73. The number of hydrogen-bond acceptors (Lipinski definition) is 4. The largest absolute Gasteiger partial charge is 0.341 e. The summed E-state index contributed by atoms with van der Waals surface area (Å²) >= 11 is 3.46. The Bertz CT molecular complexity index is 710. The van der Waals surface area contributed by atoms with Crippen molar-refractivity contribution >= 4 is 21.8 Å². The molecule has 1 aromatic heterocycles. The Morgan fingerprint density at radius 2 is 1.92 bits per heavy atom. The van der Waals surface area contributed by atoms with Crippen molar-refractivity contribution in [3.63, 3.8) is 0 Å². The first-order valence-corrected chi connectivity index (χ1v) is 9.53. The molecule has 6 nitrogen and oxygen atoms in total. The molecular formula is C18H22BrN5O. The minimum Gasteiger partial charge on any atom is -0.341 e. The molecule has 7 heteroatoms. The maximum atomic E-state index is 12.8. The van der Waals surface area contributed by atoms with Crippen LogP contribution in [0.25, 0.3) is 0 Å². The van der Waals surface area contributed by atoms with Crippen molar-refractivity contribution in [3.05, 3.63) is 53.0 Å². The Balaban J connectivity index is 1.32. The summed E-state index contributed by atoms with van der Waals surface area (Å²) in [6.07, 6.45) is 8.44. The summed E-state index contributed by atoms with van der Waals surface area (Å²) in [6, 6.07) is 8.72. The minimum absolute atomic E-state index is 0.154. The Hall–Kier alpha value is -1.70. The van der Waals surface area contributed by atoms with Gasteiger partial charge in [-0.1, -0.05) is 28.1 Å². The molecule has 25 heavy (non-hydrogen) atoms. The number of carbonyl (C=O) groups excluding carboxylic acids is 1. The van der Waals surface area contributed by atoms with E-state index in [1.165, 1.54) is 5.56 Å². The van der Waals surface area contributed by atoms with E-state index in [1.807, 2.05) is 35.8 Å². The third kappa shape index (κ3) is 3.63. The summed E-state index contributed by atoms with van der Waals surface area (Å²) in [6.45, 7) is 1.62. The zero-order valence-corrected chi connectivity index (χ0v) is 15.5. The van der Waals surface area contributed by atoms with Crippen molar-refractivity contribution in [3.8, 4) is 0 Å². The van der Waals surface area contributed by atoms with Crippen LogP contribution in [0.5, 0.6) is 0 Å². The summed E-state index contributed by atoms with van der Waals surface area (Å²) < 4.78 is 3.22. The van der Waals surface area contributed by atoms with Crippen LogP contribution in [0.3, 0.4) is 0 Å². The second kappa shape index (κ2) is 7.27. The molecule has 2 aliphatic heterocycles. The summed E-state index contributed by atoms with van der Waals surface area (Å²) in [7, 11) is 0. The number of rotatable bonds is 3. The zero-order valence-electron chi connectivity index (χ0n) is 13.9. The van der Waals surface area contributed by atoms with E-state index in [2.05, 4.69) is 48.5 Å². The zero-order chi connectivity index (χ0) is 17.2. The summed E-state index contributed by atoms with van der Waals surface area (Å²) in [5.41, 5.74) is 7.65. The number of halogens is 1. The fourth-order valence-electron chi connectivity index (χ4n) is 3.72. The smallest absolute Gasteiger partial charge is 0.241 e. The Morgan fingerprint density at radius 3 is 2.60 bits per heavy atom. The molecule has 3 heterocycles. The molecule has 0 radical (unpaired) electrons. The molecule has 1 aromatic carbocycles. The number of nitrogens with one attached hydrogen (secondary N) is 2. The van der Waals surface area contributed by atoms with Crippen molar-refractivity contribution in [2.75, 3.05) is 13.1 Å². The number of nitrogens with zero attached hydrogens (tertiary/aromatic N) is 3. The normalized spacial score (nSPS) is 24.6. The Labute approximate surface area is 155 Å². The number of imidazole rings is 1. The van der Waals surface area contributed by atoms with Crippen LogP contribution in [-0.4, -0.2) is 39.5 Å². The van der Waals surface area contributed by atoms with E-state index in [1.54, 1.807) is 0 Å². The van der Waals surface area contributed by atoms with Gasteiger partial charge in [0.05, 0.1) is 6.33 Å². The first kappa shape index (κ1) is 16.8. The molecule has 0 aliphatic carbocycles. The van der Waals surface area contributed by atoms with Gasteiger partial charge in [-0.2, -0.15) is 0 Å². The predicted octanol–water partition coefficient (Wildman–Crippen LogP) is 2.42.